The maximum absolute atomic E-state index is 13.2. The monoisotopic (exact) mass is 459 g/mol. The van der Waals surface area contributed by atoms with Crippen LogP contribution >= 0.6 is 0 Å². The van der Waals surface area contributed by atoms with Gasteiger partial charge in [0.15, 0.2) is 0 Å². The number of hydrogen-bond acceptors (Lipinski definition) is 2. The summed E-state index contributed by atoms with van der Waals surface area (Å²) in [6.45, 7) is 3.02. The maximum Gasteiger partial charge on any atom is 0.235 e. The number of nitrogens with zero attached hydrogens (tertiary/aromatic N) is 1. The van der Waals surface area contributed by atoms with Crippen LogP contribution in [0, 0.1) is 6.92 Å². The van der Waals surface area contributed by atoms with Crippen molar-refractivity contribution in [3.8, 4) is 11.1 Å². The topological polar surface area (TPSA) is 66.9 Å². The molecule has 4 heterocycles. The van der Waals surface area contributed by atoms with E-state index >= 15 is 0 Å². The van der Waals surface area contributed by atoms with Crippen LogP contribution in [0.1, 0.15) is 40.5 Å². The van der Waals surface area contributed by atoms with Gasteiger partial charge in [0.25, 0.3) is 0 Å². The Labute approximate surface area is 202 Å². The number of aryl methyl sites for hydroxylation is 3. The number of H-pyrrole nitrogens is 1. The van der Waals surface area contributed by atoms with Crippen LogP contribution in [0.4, 0.5) is 0 Å². The van der Waals surface area contributed by atoms with Crippen LogP contribution in [0.25, 0.3) is 32.9 Å². The van der Waals surface area contributed by atoms with Crippen molar-refractivity contribution in [2.45, 2.75) is 38.1 Å². The molecule has 2 aliphatic heterocycles. The quantitative estimate of drug-likeness (QED) is 0.347. The van der Waals surface area contributed by atoms with E-state index in [1.54, 1.807) is 0 Å². The van der Waals surface area contributed by atoms with Gasteiger partial charge in [-0.25, -0.2) is 0 Å². The molecule has 3 aromatic carbocycles. The highest BCUT2D eigenvalue weighted by molar-refractivity contribution is 6.13. The van der Waals surface area contributed by atoms with Crippen LogP contribution in [0.3, 0.4) is 0 Å². The molecule has 35 heavy (non-hydrogen) atoms. The van der Waals surface area contributed by atoms with Gasteiger partial charge in [-0.1, -0.05) is 54.1 Å². The van der Waals surface area contributed by atoms with Crippen LogP contribution < -0.4 is 5.32 Å². The Bertz CT molecular complexity index is 1670. The third kappa shape index (κ3) is 3.01. The van der Waals surface area contributed by atoms with Crippen molar-refractivity contribution >= 4 is 33.6 Å². The fourth-order valence-corrected chi connectivity index (χ4v) is 6.16. The number of para-hydroxylation sites is 1. The number of carbonyl (C=O) groups excluding carboxylic acids is 2. The molecule has 1 saturated heterocycles. The minimum atomic E-state index is -0.576. The molecule has 0 spiro atoms. The van der Waals surface area contributed by atoms with Gasteiger partial charge in [-0.2, -0.15) is 0 Å². The van der Waals surface area contributed by atoms with Gasteiger partial charge in [0.2, 0.25) is 11.8 Å². The zero-order valence-corrected chi connectivity index (χ0v) is 19.5. The summed E-state index contributed by atoms with van der Waals surface area (Å²) in [5.41, 5.74) is 8.73. The lowest BCUT2D eigenvalue weighted by Gasteiger charge is -2.15. The fraction of sp³-hybridized carbons (Fsp3) is 0.200. The third-order valence-corrected chi connectivity index (χ3v) is 7.74. The van der Waals surface area contributed by atoms with E-state index in [2.05, 4.69) is 88.7 Å². The van der Waals surface area contributed by atoms with Gasteiger partial charge < -0.3 is 9.55 Å². The normalized spacial score (nSPS) is 19.6. The third-order valence-electron chi connectivity index (χ3n) is 7.74. The summed E-state index contributed by atoms with van der Waals surface area (Å²) >= 11 is 0. The maximum atomic E-state index is 13.2. The van der Waals surface area contributed by atoms with Crippen LogP contribution in [0.5, 0.6) is 0 Å². The van der Waals surface area contributed by atoms with E-state index in [1.165, 1.54) is 16.6 Å². The lowest BCUT2D eigenvalue weighted by molar-refractivity contribution is -0.125. The van der Waals surface area contributed by atoms with E-state index in [0.717, 1.165) is 57.9 Å². The molecule has 5 aromatic rings. The molecule has 2 aliphatic rings. The van der Waals surface area contributed by atoms with Gasteiger partial charge in [-0.15, -0.1) is 0 Å². The predicted octanol–water partition coefficient (Wildman–Crippen LogP) is 5.57. The first-order valence-corrected chi connectivity index (χ1v) is 12.2. The number of carbonyl (C=O) groups is 2. The zero-order chi connectivity index (χ0) is 23.7. The Hall–Kier alpha value is -4.12. The summed E-state index contributed by atoms with van der Waals surface area (Å²) in [5.74, 6) is -1.57. The molecule has 2 unspecified atom stereocenters. The van der Waals surface area contributed by atoms with E-state index < -0.39 is 11.8 Å². The van der Waals surface area contributed by atoms with Crippen molar-refractivity contribution in [2.24, 2.45) is 0 Å². The molecule has 5 nitrogen and oxygen atoms in total. The first kappa shape index (κ1) is 20.3. The van der Waals surface area contributed by atoms with Gasteiger partial charge in [-0.05, 0) is 59.7 Å². The molecule has 0 radical (unpaired) electrons. The molecule has 2 aromatic heterocycles. The number of fused-ring (bicyclic) bond motifs is 1. The standard InChI is InChI=1S/C30H25N3O2/c1-17-5-2-7-19(13-17)20-10-11-25-22(14-20)23(15-31-25)26-27(30(35)32-29(26)34)24-16-33-12-4-8-18-6-3-9-21(24)28(18)33/h2-3,5-7,9-11,13-16,26-27,31H,4,8,12H2,1H3,(H,32,34,35). The number of benzene rings is 3. The van der Waals surface area contributed by atoms with E-state index in [4.69, 9.17) is 0 Å². The highest BCUT2D eigenvalue weighted by atomic mass is 16.2. The van der Waals surface area contributed by atoms with Gasteiger partial charge in [0.1, 0.15) is 0 Å². The first-order chi connectivity index (χ1) is 17.1. The Kier molecular flexibility index (Phi) is 4.31. The molecular weight excluding hydrogens is 434 g/mol. The molecule has 2 N–H and O–H groups in total. The van der Waals surface area contributed by atoms with E-state index in [9.17, 15) is 9.59 Å². The van der Waals surface area contributed by atoms with Crippen molar-refractivity contribution in [3.05, 3.63) is 95.3 Å². The Balaban J connectivity index is 1.40. The predicted molar refractivity (Wildman–Crippen MR) is 137 cm³/mol. The van der Waals surface area contributed by atoms with Gasteiger partial charge in [0.05, 0.1) is 17.4 Å². The smallest absolute Gasteiger partial charge is 0.235 e. The number of rotatable bonds is 3. The van der Waals surface area contributed by atoms with Crippen LogP contribution in [-0.4, -0.2) is 21.4 Å². The number of hydrogen-bond donors (Lipinski definition) is 2. The van der Waals surface area contributed by atoms with Crippen molar-refractivity contribution in [1.29, 1.82) is 0 Å². The Morgan fingerprint density at radius 2 is 1.66 bits per heavy atom. The minimum absolute atomic E-state index is 0.215. The number of aromatic amines is 1. The zero-order valence-electron chi connectivity index (χ0n) is 19.5. The summed E-state index contributed by atoms with van der Waals surface area (Å²) < 4.78 is 2.27. The van der Waals surface area contributed by atoms with E-state index in [0.29, 0.717) is 0 Å². The van der Waals surface area contributed by atoms with Crippen LogP contribution in [-0.2, 0) is 22.6 Å². The molecule has 1 fully saturated rings. The highest BCUT2D eigenvalue weighted by Gasteiger charge is 2.45. The molecule has 5 heteroatoms. The summed E-state index contributed by atoms with van der Waals surface area (Å²) in [7, 11) is 0. The SMILES string of the molecule is Cc1cccc(-c2ccc3[nH]cc(C4C(=O)NC(=O)C4c4cn5c6c(cccc46)CCC5)c3c2)c1. The average molecular weight is 460 g/mol. The molecule has 2 atom stereocenters. The number of imide groups is 1. The molecule has 0 bridgehead atoms. The second-order valence-corrected chi connectivity index (χ2v) is 9.88. The lowest BCUT2D eigenvalue weighted by atomic mass is 9.82. The number of aromatic nitrogens is 2. The van der Waals surface area contributed by atoms with Crippen molar-refractivity contribution in [1.82, 2.24) is 14.9 Å². The Morgan fingerprint density at radius 1 is 0.857 bits per heavy atom. The van der Waals surface area contributed by atoms with Gasteiger partial charge in [0, 0.05) is 35.2 Å². The average Bonchev–Trinajstić information content (AvgIpc) is 3.52. The largest absolute Gasteiger partial charge is 0.361 e. The molecule has 7 rings (SSSR count). The van der Waals surface area contributed by atoms with Gasteiger partial charge >= 0.3 is 0 Å². The van der Waals surface area contributed by atoms with Crippen molar-refractivity contribution < 1.29 is 9.59 Å². The molecular formula is C30H25N3O2. The van der Waals surface area contributed by atoms with Gasteiger partial charge in [-0.3, -0.25) is 14.9 Å². The van der Waals surface area contributed by atoms with Crippen LogP contribution in [0.2, 0.25) is 0 Å². The lowest BCUT2D eigenvalue weighted by Crippen LogP contribution is -2.21. The second kappa shape index (κ2) is 7.44. The minimum Gasteiger partial charge on any atom is -0.361 e. The molecule has 0 saturated carbocycles. The fourth-order valence-electron chi connectivity index (χ4n) is 6.16. The summed E-state index contributed by atoms with van der Waals surface area (Å²) in [6, 6.07) is 21.0. The van der Waals surface area contributed by atoms with Crippen molar-refractivity contribution in [2.75, 3.05) is 0 Å². The van der Waals surface area contributed by atoms with E-state index in [-0.39, 0.29) is 11.8 Å². The number of nitrogens with one attached hydrogen (secondary N) is 2. The van der Waals surface area contributed by atoms with Crippen molar-refractivity contribution in [3.63, 3.8) is 0 Å². The summed E-state index contributed by atoms with van der Waals surface area (Å²) in [5, 5.41) is 4.71. The highest BCUT2D eigenvalue weighted by Crippen LogP contribution is 2.44. The number of amides is 2. The Morgan fingerprint density at radius 3 is 2.51 bits per heavy atom. The first-order valence-electron chi connectivity index (χ1n) is 12.2. The summed E-state index contributed by atoms with van der Waals surface area (Å²) in [4.78, 5) is 29.8. The van der Waals surface area contributed by atoms with E-state index in [1.807, 2.05) is 6.20 Å². The van der Waals surface area contributed by atoms with Crippen LogP contribution in [0.15, 0.2) is 73.1 Å². The molecule has 172 valence electrons. The molecule has 0 aliphatic carbocycles. The second-order valence-electron chi connectivity index (χ2n) is 9.88. The molecule has 2 amide bonds. The summed E-state index contributed by atoms with van der Waals surface area (Å²) in [6.07, 6.45) is 6.15.